The molecular weight excluding hydrogens is 514 g/mol. The zero-order valence-corrected chi connectivity index (χ0v) is 24.1. The Labute approximate surface area is 235 Å². The van der Waals surface area contributed by atoms with Crippen LogP contribution in [-0.4, -0.2) is 46.2 Å². The number of methoxy groups -OCH3 is 1. The Kier molecular flexibility index (Phi) is 8.70. The molecular formula is C31H36ClN3O4. The lowest BCUT2D eigenvalue weighted by Crippen LogP contribution is -2.41. The van der Waals surface area contributed by atoms with Crippen LogP contribution in [0.15, 0.2) is 54.6 Å². The summed E-state index contributed by atoms with van der Waals surface area (Å²) in [5.41, 5.74) is 5.16. The van der Waals surface area contributed by atoms with Gasteiger partial charge in [0.25, 0.3) is 0 Å². The minimum Gasteiger partial charge on any atom is -0.493 e. The number of fused-ring (bicyclic) bond motifs is 1. The predicted octanol–water partition coefficient (Wildman–Crippen LogP) is 5.56. The third kappa shape index (κ3) is 5.98. The fourth-order valence-corrected chi connectivity index (χ4v) is 5.07. The maximum Gasteiger partial charge on any atom is 0.232 e. The van der Waals surface area contributed by atoms with Gasteiger partial charge in [-0.1, -0.05) is 24.6 Å². The van der Waals surface area contributed by atoms with Crippen molar-refractivity contribution < 1.29 is 19.1 Å². The van der Waals surface area contributed by atoms with Crippen LogP contribution in [0.1, 0.15) is 48.6 Å². The quantitative estimate of drug-likeness (QED) is 0.378. The molecule has 4 rings (SSSR count). The van der Waals surface area contributed by atoms with Crippen molar-refractivity contribution in [3.8, 4) is 11.5 Å². The average Bonchev–Trinajstić information content (AvgIpc) is 2.92. The summed E-state index contributed by atoms with van der Waals surface area (Å²) in [7, 11) is 7.16. The Bertz CT molecular complexity index is 1360. The van der Waals surface area contributed by atoms with Crippen molar-refractivity contribution in [1.82, 2.24) is 5.32 Å². The lowest BCUT2D eigenvalue weighted by Gasteiger charge is -2.39. The van der Waals surface area contributed by atoms with Crippen LogP contribution in [0.25, 0.3) is 0 Å². The van der Waals surface area contributed by atoms with Crippen molar-refractivity contribution >= 4 is 34.8 Å². The maximum atomic E-state index is 13.9. The second-order valence-electron chi connectivity index (χ2n) is 9.99. The highest BCUT2D eigenvalue weighted by molar-refractivity contribution is 6.30. The van der Waals surface area contributed by atoms with Gasteiger partial charge in [0.05, 0.1) is 32.1 Å². The Morgan fingerprint density at radius 3 is 2.44 bits per heavy atom. The number of halogens is 1. The molecule has 0 aromatic heterocycles. The molecule has 0 bridgehead atoms. The number of anilines is 2. The summed E-state index contributed by atoms with van der Waals surface area (Å²) < 4.78 is 11.9. The van der Waals surface area contributed by atoms with Crippen molar-refractivity contribution in [3.63, 3.8) is 0 Å². The Hall–Kier alpha value is -3.71. The summed E-state index contributed by atoms with van der Waals surface area (Å²) in [6, 6.07) is 16.8. The Morgan fingerprint density at radius 2 is 1.82 bits per heavy atom. The van der Waals surface area contributed by atoms with Gasteiger partial charge in [0.1, 0.15) is 0 Å². The lowest BCUT2D eigenvalue weighted by atomic mass is 9.84. The number of carbonyl (C=O) groups is 2. The third-order valence-corrected chi connectivity index (χ3v) is 7.40. The van der Waals surface area contributed by atoms with Crippen molar-refractivity contribution in [1.29, 1.82) is 0 Å². The van der Waals surface area contributed by atoms with Crippen molar-refractivity contribution in [2.45, 2.75) is 45.3 Å². The first kappa shape index (κ1) is 28.3. The number of hydrogen-bond donors (Lipinski definition) is 1. The second-order valence-corrected chi connectivity index (χ2v) is 10.4. The van der Waals surface area contributed by atoms with Crippen LogP contribution in [0.2, 0.25) is 5.02 Å². The van der Waals surface area contributed by atoms with Gasteiger partial charge in [-0.15, -0.1) is 0 Å². The molecule has 8 heteroatoms. The number of carbonyl (C=O) groups excluding carboxylic acids is 2. The number of nitrogens with zero attached hydrogens (tertiary/aromatic N) is 2. The summed E-state index contributed by atoms with van der Waals surface area (Å²) >= 11 is 6.40. The minimum absolute atomic E-state index is 0.0188. The zero-order chi connectivity index (χ0) is 28.3. The lowest BCUT2D eigenvalue weighted by molar-refractivity contribution is -0.120. The van der Waals surface area contributed by atoms with Crippen LogP contribution < -0.4 is 24.6 Å². The van der Waals surface area contributed by atoms with Crippen LogP contribution in [0.4, 0.5) is 11.4 Å². The summed E-state index contributed by atoms with van der Waals surface area (Å²) in [5, 5.41) is 3.22. The molecule has 3 aromatic rings. The Balaban J connectivity index is 1.96. The monoisotopic (exact) mass is 549 g/mol. The zero-order valence-electron chi connectivity index (χ0n) is 23.4. The van der Waals surface area contributed by atoms with Gasteiger partial charge < -0.3 is 24.6 Å². The average molecular weight is 550 g/mol. The summed E-state index contributed by atoms with van der Waals surface area (Å²) in [6.45, 7) is 4.08. The SMILES string of the molecule is CC[C@@H](C)Oc1cc2c(cc1OC)CC(=O)N(c1ccc(N(C)C)cc1)C2c1ccc(Cl)cc1CC(=O)NC. The van der Waals surface area contributed by atoms with Crippen molar-refractivity contribution in [3.05, 3.63) is 81.9 Å². The standard InChI is InChI=1S/C31H36ClN3O4/c1-7-19(2)39-28-18-26-21(15-27(28)38-6)17-30(37)35(24-11-9-23(10-12-24)34(4)5)31(26)25-13-8-22(32)14-20(25)16-29(36)33-3/h8-15,18-19,31H,7,16-17H2,1-6H3,(H,33,36)/t19-,31?/m1/s1. The number of benzene rings is 3. The molecule has 206 valence electrons. The minimum atomic E-state index is -0.506. The van der Waals surface area contributed by atoms with Crippen LogP contribution in [0.5, 0.6) is 11.5 Å². The van der Waals surface area contributed by atoms with E-state index in [9.17, 15) is 9.59 Å². The van der Waals surface area contributed by atoms with E-state index in [-0.39, 0.29) is 30.8 Å². The maximum absolute atomic E-state index is 13.9. The molecule has 1 aliphatic rings. The van der Waals surface area contributed by atoms with Gasteiger partial charge in [0, 0.05) is 37.5 Å². The first-order chi connectivity index (χ1) is 18.7. The molecule has 1 N–H and O–H groups in total. The number of amides is 2. The molecule has 0 spiro atoms. The van der Waals surface area contributed by atoms with E-state index in [1.165, 1.54) is 0 Å². The van der Waals surface area contributed by atoms with Gasteiger partial charge in [-0.05, 0) is 84.1 Å². The van der Waals surface area contributed by atoms with Gasteiger partial charge in [0.15, 0.2) is 11.5 Å². The van der Waals surface area contributed by atoms with E-state index in [1.807, 2.05) is 73.3 Å². The molecule has 7 nitrogen and oxygen atoms in total. The first-order valence-electron chi connectivity index (χ1n) is 13.1. The van der Waals surface area contributed by atoms with E-state index in [0.29, 0.717) is 16.5 Å². The molecule has 0 saturated carbocycles. The molecule has 0 fully saturated rings. The normalized spacial score (nSPS) is 15.4. The fraction of sp³-hybridized carbons (Fsp3) is 0.355. The van der Waals surface area contributed by atoms with E-state index in [1.54, 1.807) is 26.3 Å². The van der Waals surface area contributed by atoms with Crippen LogP contribution in [0, 0.1) is 0 Å². The van der Waals surface area contributed by atoms with Crippen LogP contribution in [-0.2, 0) is 22.4 Å². The number of hydrogen-bond acceptors (Lipinski definition) is 5. The van der Waals surface area contributed by atoms with Gasteiger partial charge >= 0.3 is 0 Å². The first-order valence-corrected chi connectivity index (χ1v) is 13.5. The molecule has 0 saturated heterocycles. The van der Waals surface area contributed by atoms with E-state index in [2.05, 4.69) is 12.2 Å². The highest BCUT2D eigenvalue weighted by atomic mass is 35.5. The van der Waals surface area contributed by atoms with Crippen molar-refractivity contribution in [2.24, 2.45) is 0 Å². The topological polar surface area (TPSA) is 71.1 Å². The second kappa shape index (κ2) is 12.0. The molecule has 3 aromatic carbocycles. The van der Waals surface area contributed by atoms with Crippen LogP contribution >= 0.6 is 11.6 Å². The highest BCUT2D eigenvalue weighted by Crippen LogP contribution is 2.45. The predicted molar refractivity (Wildman–Crippen MR) is 156 cm³/mol. The van der Waals surface area contributed by atoms with E-state index < -0.39 is 6.04 Å². The van der Waals surface area contributed by atoms with E-state index in [0.717, 1.165) is 40.0 Å². The third-order valence-electron chi connectivity index (χ3n) is 7.17. The summed E-state index contributed by atoms with van der Waals surface area (Å²) in [5.74, 6) is 1.02. The number of likely N-dealkylation sites (N-methyl/N-ethyl adjacent to an activating group) is 1. The molecule has 1 unspecified atom stereocenters. The number of rotatable bonds is 9. The van der Waals surface area contributed by atoms with E-state index in [4.69, 9.17) is 21.1 Å². The molecule has 39 heavy (non-hydrogen) atoms. The van der Waals surface area contributed by atoms with Gasteiger partial charge in [-0.3, -0.25) is 9.59 Å². The molecule has 2 atom stereocenters. The summed E-state index contributed by atoms with van der Waals surface area (Å²) in [6.07, 6.45) is 1.15. The van der Waals surface area contributed by atoms with Gasteiger partial charge in [-0.25, -0.2) is 0 Å². The van der Waals surface area contributed by atoms with Gasteiger partial charge in [-0.2, -0.15) is 0 Å². The largest absolute Gasteiger partial charge is 0.493 e. The van der Waals surface area contributed by atoms with Gasteiger partial charge in [0.2, 0.25) is 11.8 Å². The molecule has 0 radical (unpaired) electrons. The Morgan fingerprint density at radius 1 is 1.10 bits per heavy atom. The molecule has 0 aliphatic carbocycles. The number of ether oxygens (including phenoxy) is 2. The fourth-order valence-electron chi connectivity index (χ4n) is 4.87. The van der Waals surface area contributed by atoms with E-state index >= 15 is 0 Å². The van der Waals surface area contributed by atoms with Crippen molar-refractivity contribution in [2.75, 3.05) is 38.1 Å². The summed E-state index contributed by atoms with van der Waals surface area (Å²) in [4.78, 5) is 30.2. The molecule has 1 heterocycles. The van der Waals surface area contributed by atoms with Crippen LogP contribution in [0.3, 0.4) is 0 Å². The smallest absolute Gasteiger partial charge is 0.232 e. The highest BCUT2D eigenvalue weighted by Gasteiger charge is 2.37. The molecule has 2 amide bonds. The molecule has 1 aliphatic heterocycles. The number of nitrogens with one attached hydrogen (secondary N) is 1.